The van der Waals surface area contributed by atoms with Crippen LogP contribution in [0.2, 0.25) is 0 Å². The standard InChI is InChI=1S/C16H18N4S2/c1-3-9-17-14(5-1)7-11-20-13-22-16(19-20)21-12-8-15-6-2-4-10-18-15/h1-6,9-10H,7-8,11-13H2. The minimum absolute atomic E-state index is 0.925. The number of aromatic nitrogens is 2. The molecule has 0 N–H and O–H groups in total. The van der Waals surface area contributed by atoms with Crippen molar-refractivity contribution in [1.82, 2.24) is 15.0 Å². The third-order valence-corrected chi connectivity index (χ3v) is 5.42. The summed E-state index contributed by atoms with van der Waals surface area (Å²) in [5.74, 6) is 1.97. The molecule has 2 aromatic heterocycles. The van der Waals surface area contributed by atoms with E-state index >= 15 is 0 Å². The summed E-state index contributed by atoms with van der Waals surface area (Å²) < 4.78 is 1.16. The first-order valence-electron chi connectivity index (χ1n) is 7.29. The van der Waals surface area contributed by atoms with Crippen LogP contribution in [0.3, 0.4) is 0 Å². The van der Waals surface area contributed by atoms with Crippen molar-refractivity contribution in [2.45, 2.75) is 12.8 Å². The molecule has 0 bridgehead atoms. The van der Waals surface area contributed by atoms with Gasteiger partial charge in [-0.05, 0) is 30.7 Å². The number of thioether (sulfide) groups is 2. The van der Waals surface area contributed by atoms with Crippen molar-refractivity contribution in [2.24, 2.45) is 5.10 Å². The highest BCUT2D eigenvalue weighted by Gasteiger charge is 2.15. The Morgan fingerprint density at radius 3 is 2.41 bits per heavy atom. The lowest BCUT2D eigenvalue weighted by molar-refractivity contribution is 0.351. The van der Waals surface area contributed by atoms with Crippen molar-refractivity contribution >= 4 is 27.9 Å². The van der Waals surface area contributed by atoms with Crippen LogP contribution in [0, 0.1) is 0 Å². The third-order valence-electron chi connectivity index (χ3n) is 3.22. The lowest BCUT2D eigenvalue weighted by Gasteiger charge is -2.11. The van der Waals surface area contributed by atoms with E-state index in [1.807, 2.05) is 60.2 Å². The Hall–Kier alpha value is -1.53. The lowest BCUT2D eigenvalue weighted by Crippen LogP contribution is -2.16. The Kier molecular flexibility index (Phi) is 5.72. The number of aryl methyl sites for hydroxylation is 1. The molecule has 114 valence electrons. The van der Waals surface area contributed by atoms with Crippen LogP contribution in [0.25, 0.3) is 0 Å². The zero-order valence-corrected chi connectivity index (χ0v) is 13.9. The molecule has 0 radical (unpaired) electrons. The number of hydrogen-bond acceptors (Lipinski definition) is 6. The fourth-order valence-corrected chi connectivity index (χ4v) is 4.09. The molecule has 0 saturated carbocycles. The zero-order chi connectivity index (χ0) is 15.0. The van der Waals surface area contributed by atoms with Gasteiger partial charge in [-0.15, -0.1) is 0 Å². The molecule has 1 aliphatic rings. The largest absolute Gasteiger partial charge is 0.285 e. The minimum atomic E-state index is 0.925. The van der Waals surface area contributed by atoms with Crippen molar-refractivity contribution in [1.29, 1.82) is 0 Å². The Labute approximate surface area is 139 Å². The van der Waals surface area contributed by atoms with Gasteiger partial charge in [0.2, 0.25) is 0 Å². The molecule has 0 unspecified atom stereocenters. The Balaban J connectivity index is 1.40. The van der Waals surface area contributed by atoms with Crippen molar-refractivity contribution in [2.75, 3.05) is 18.2 Å². The van der Waals surface area contributed by atoms with Crippen molar-refractivity contribution in [3.63, 3.8) is 0 Å². The summed E-state index contributed by atoms with van der Waals surface area (Å²) in [7, 11) is 0. The molecular weight excluding hydrogens is 312 g/mol. The molecule has 22 heavy (non-hydrogen) atoms. The first-order chi connectivity index (χ1) is 10.9. The predicted octanol–water partition coefficient (Wildman–Crippen LogP) is 3.27. The Bertz CT molecular complexity index is 604. The van der Waals surface area contributed by atoms with Gasteiger partial charge in [0, 0.05) is 42.5 Å². The van der Waals surface area contributed by atoms with Crippen LogP contribution in [0.1, 0.15) is 11.4 Å². The topological polar surface area (TPSA) is 41.4 Å². The molecule has 0 saturated heterocycles. The van der Waals surface area contributed by atoms with Gasteiger partial charge in [-0.1, -0.05) is 35.7 Å². The van der Waals surface area contributed by atoms with Crippen molar-refractivity contribution < 1.29 is 0 Å². The Morgan fingerprint density at radius 1 is 1.00 bits per heavy atom. The van der Waals surface area contributed by atoms with Gasteiger partial charge in [-0.3, -0.25) is 15.0 Å². The highest BCUT2D eigenvalue weighted by molar-refractivity contribution is 8.39. The first kappa shape index (κ1) is 15.4. The fourth-order valence-electron chi connectivity index (χ4n) is 2.07. The predicted molar refractivity (Wildman–Crippen MR) is 94.9 cm³/mol. The van der Waals surface area contributed by atoms with Gasteiger partial charge in [0.25, 0.3) is 0 Å². The van der Waals surface area contributed by atoms with Crippen LogP contribution in [0.15, 0.2) is 53.9 Å². The maximum absolute atomic E-state index is 4.66. The Morgan fingerprint density at radius 2 is 1.73 bits per heavy atom. The maximum Gasteiger partial charge on any atom is 0.151 e. The van der Waals surface area contributed by atoms with E-state index in [-0.39, 0.29) is 0 Å². The molecular formula is C16H18N4S2. The summed E-state index contributed by atoms with van der Waals surface area (Å²) in [5.41, 5.74) is 2.27. The molecule has 0 aliphatic carbocycles. The molecule has 6 heteroatoms. The fraction of sp³-hybridized carbons (Fsp3) is 0.312. The number of pyridine rings is 2. The second-order valence-electron chi connectivity index (χ2n) is 4.86. The van der Waals surface area contributed by atoms with Crippen LogP contribution in [0.4, 0.5) is 0 Å². The smallest absolute Gasteiger partial charge is 0.151 e. The average Bonchev–Trinajstić information content (AvgIpc) is 3.03. The van der Waals surface area contributed by atoms with Gasteiger partial charge in [-0.2, -0.15) is 5.10 Å². The monoisotopic (exact) mass is 330 g/mol. The number of hydrogen-bond donors (Lipinski definition) is 0. The molecule has 0 aromatic carbocycles. The van der Waals surface area contributed by atoms with E-state index in [9.17, 15) is 0 Å². The van der Waals surface area contributed by atoms with Gasteiger partial charge < -0.3 is 0 Å². The number of rotatable bonds is 6. The van der Waals surface area contributed by atoms with E-state index in [1.165, 1.54) is 0 Å². The highest BCUT2D eigenvalue weighted by Crippen LogP contribution is 2.25. The highest BCUT2D eigenvalue weighted by atomic mass is 32.2. The normalized spacial score (nSPS) is 14.2. The molecule has 0 spiro atoms. The van der Waals surface area contributed by atoms with E-state index in [0.29, 0.717) is 0 Å². The molecule has 0 atom stereocenters. The molecule has 3 heterocycles. The van der Waals surface area contributed by atoms with Crippen LogP contribution in [-0.4, -0.2) is 37.5 Å². The second kappa shape index (κ2) is 8.19. The van der Waals surface area contributed by atoms with Crippen LogP contribution in [0.5, 0.6) is 0 Å². The third kappa shape index (κ3) is 4.74. The van der Waals surface area contributed by atoms with Crippen LogP contribution >= 0.6 is 23.5 Å². The molecule has 2 aromatic rings. The van der Waals surface area contributed by atoms with Gasteiger partial charge in [0.1, 0.15) is 0 Å². The molecule has 0 amide bonds. The van der Waals surface area contributed by atoms with Crippen LogP contribution in [-0.2, 0) is 12.8 Å². The van der Waals surface area contributed by atoms with E-state index in [2.05, 4.69) is 32.2 Å². The molecule has 0 fully saturated rings. The molecule has 4 nitrogen and oxygen atoms in total. The molecule has 1 aliphatic heterocycles. The summed E-state index contributed by atoms with van der Waals surface area (Å²) in [6.07, 6.45) is 5.62. The summed E-state index contributed by atoms with van der Waals surface area (Å²) in [5, 5.41) is 6.79. The second-order valence-corrected chi connectivity index (χ2v) is 7.14. The lowest BCUT2D eigenvalue weighted by atomic mass is 10.3. The average molecular weight is 330 g/mol. The van der Waals surface area contributed by atoms with Gasteiger partial charge in [0.05, 0.1) is 5.88 Å². The van der Waals surface area contributed by atoms with E-state index < -0.39 is 0 Å². The first-order valence-corrected chi connectivity index (χ1v) is 9.26. The quantitative estimate of drug-likeness (QED) is 0.813. The summed E-state index contributed by atoms with van der Waals surface area (Å²) >= 11 is 3.64. The summed E-state index contributed by atoms with van der Waals surface area (Å²) in [4.78, 5) is 8.69. The number of hydrazone groups is 1. The van der Waals surface area contributed by atoms with Crippen molar-refractivity contribution in [3.05, 3.63) is 60.2 Å². The van der Waals surface area contributed by atoms with Crippen molar-refractivity contribution in [3.8, 4) is 0 Å². The maximum atomic E-state index is 4.66. The zero-order valence-electron chi connectivity index (χ0n) is 12.3. The van der Waals surface area contributed by atoms with E-state index in [1.54, 1.807) is 0 Å². The van der Waals surface area contributed by atoms with Gasteiger partial charge in [-0.25, -0.2) is 0 Å². The van der Waals surface area contributed by atoms with Gasteiger partial charge >= 0.3 is 0 Å². The van der Waals surface area contributed by atoms with Crippen LogP contribution < -0.4 is 0 Å². The number of nitrogens with zero attached hydrogens (tertiary/aromatic N) is 4. The van der Waals surface area contributed by atoms with Gasteiger partial charge in [0.15, 0.2) is 4.38 Å². The summed E-state index contributed by atoms with van der Waals surface area (Å²) in [6.45, 7) is 0.925. The van der Waals surface area contributed by atoms with E-state index in [4.69, 9.17) is 0 Å². The van der Waals surface area contributed by atoms with E-state index in [0.717, 1.165) is 46.8 Å². The molecule has 3 rings (SSSR count). The summed E-state index contributed by atoms with van der Waals surface area (Å²) in [6, 6.07) is 12.1. The SMILES string of the molecule is c1ccc(CCSC2=NN(CCc3ccccn3)CS2)nc1. The minimum Gasteiger partial charge on any atom is -0.285 e.